The van der Waals surface area contributed by atoms with Crippen molar-refractivity contribution in [2.75, 3.05) is 13.1 Å². The van der Waals surface area contributed by atoms with Crippen LogP contribution in [0.3, 0.4) is 0 Å². The lowest BCUT2D eigenvalue weighted by Crippen LogP contribution is -2.49. The van der Waals surface area contributed by atoms with Gasteiger partial charge in [0.1, 0.15) is 6.04 Å². The van der Waals surface area contributed by atoms with E-state index in [0.29, 0.717) is 19.0 Å². The highest BCUT2D eigenvalue weighted by atomic mass is 16.5. The van der Waals surface area contributed by atoms with Crippen molar-refractivity contribution in [1.82, 2.24) is 10.2 Å². The molecule has 0 radical (unpaired) electrons. The zero-order chi connectivity index (χ0) is 19.1. The van der Waals surface area contributed by atoms with Gasteiger partial charge in [-0.3, -0.25) is 4.79 Å². The maximum absolute atomic E-state index is 12.5. The number of ether oxygens (including phenoxy) is 1. The number of nitrogens with one attached hydrogen (secondary N) is 1. The van der Waals surface area contributed by atoms with Gasteiger partial charge in [-0.1, -0.05) is 37.3 Å². The predicted octanol–water partition coefficient (Wildman–Crippen LogP) is 1.46. The summed E-state index contributed by atoms with van der Waals surface area (Å²) in [6.45, 7) is 5.07. The fraction of sp³-hybridized carbons (Fsp3) is 0.526. The monoisotopic (exact) mass is 361 g/mol. The first kappa shape index (κ1) is 19.8. The Labute approximate surface area is 153 Å². The number of primary amides is 1. The Morgan fingerprint density at radius 1 is 1.23 bits per heavy atom. The Bertz CT molecular complexity index is 627. The molecule has 26 heavy (non-hydrogen) atoms. The van der Waals surface area contributed by atoms with Crippen LogP contribution in [0.4, 0.5) is 4.79 Å². The molecule has 1 aromatic rings. The van der Waals surface area contributed by atoms with Crippen molar-refractivity contribution in [2.24, 2.45) is 11.7 Å². The second-order valence-corrected chi connectivity index (χ2v) is 6.84. The summed E-state index contributed by atoms with van der Waals surface area (Å²) in [6, 6.07) is 7.47. The van der Waals surface area contributed by atoms with E-state index in [1.165, 1.54) is 0 Å². The molecule has 0 aliphatic carbocycles. The van der Waals surface area contributed by atoms with E-state index in [4.69, 9.17) is 10.5 Å². The quantitative estimate of drug-likeness (QED) is 0.749. The number of esters is 1. The maximum atomic E-state index is 12.5. The maximum Gasteiger partial charge on any atom is 0.329 e. The molecule has 1 aromatic carbocycles. The van der Waals surface area contributed by atoms with Gasteiger partial charge in [0, 0.05) is 19.5 Å². The Hall–Kier alpha value is -2.57. The van der Waals surface area contributed by atoms with Crippen LogP contribution < -0.4 is 11.1 Å². The van der Waals surface area contributed by atoms with Crippen LogP contribution in [0.25, 0.3) is 0 Å². The average Bonchev–Trinajstić information content (AvgIpc) is 2.61. The van der Waals surface area contributed by atoms with Gasteiger partial charge < -0.3 is 20.7 Å². The SMILES string of the molecule is CC1CCN(C(=O)[C@@H](C)OC(=O)[C@@H](Cc2ccccc2)NC(N)=O)CC1. The van der Waals surface area contributed by atoms with E-state index >= 15 is 0 Å². The van der Waals surface area contributed by atoms with Gasteiger partial charge in [-0.25, -0.2) is 9.59 Å². The molecular weight excluding hydrogens is 334 g/mol. The third-order valence-corrected chi connectivity index (χ3v) is 4.62. The lowest BCUT2D eigenvalue weighted by atomic mass is 9.99. The van der Waals surface area contributed by atoms with Crippen molar-refractivity contribution in [3.8, 4) is 0 Å². The number of amides is 3. The molecule has 0 aromatic heterocycles. The van der Waals surface area contributed by atoms with E-state index in [1.54, 1.807) is 11.8 Å². The van der Waals surface area contributed by atoms with Gasteiger partial charge in [0.2, 0.25) is 0 Å². The van der Waals surface area contributed by atoms with Crippen molar-refractivity contribution in [3.05, 3.63) is 35.9 Å². The molecule has 0 unspecified atom stereocenters. The molecule has 1 heterocycles. The number of hydrogen-bond donors (Lipinski definition) is 2. The van der Waals surface area contributed by atoms with Crippen LogP contribution >= 0.6 is 0 Å². The molecule has 0 spiro atoms. The number of rotatable bonds is 6. The standard InChI is InChI=1S/C19H27N3O4/c1-13-8-10-22(11-9-13)17(23)14(2)26-18(24)16(21-19(20)25)12-15-6-4-3-5-7-15/h3-7,13-14,16H,8-12H2,1-2H3,(H3,20,21,25)/t14-,16-/m1/s1. The molecule has 2 atom stereocenters. The number of likely N-dealkylation sites (tertiary alicyclic amines) is 1. The Balaban J connectivity index is 1.96. The number of urea groups is 1. The Kier molecular flexibility index (Phi) is 7.00. The summed E-state index contributed by atoms with van der Waals surface area (Å²) in [7, 11) is 0. The van der Waals surface area contributed by atoms with Gasteiger partial charge in [-0.2, -0.15) is 0 Å². The number of hydrogen-bond acceptors (Lipinski definition) is 4. The highest BCUT2D eigenvalue weighted by molar-refractivity contribution is 5.87. The van der Waals surface area contributed by atoms with Gasteiger partial charge >= 0.3 is 12.0 Å². The minimum absolute atomic E-state index is 0.206. The molecule has 0 bridgehead atoms. The second kappa shape index (κ2) is 9.22. The number of carbonyl (C=O) groups excluding carboxylic acids is 3. The van der Waals surface area contributed by atoms with Crippen molar-refractivity contribution in [2.45, 2.75) is 45.3 Å². The zero-order valence-corrected chi connectivity index (χ0v) is 15.3. The van der Waals surface area contributed by atoms with E-state index < -0.39 is 24.1 Å². The highest BCUT2D eigenvalue weighted by Crippen LogP contribution is 2.17. The summed E-state index contributed by atoms with van der Waals surface area (Å²) in [5, 5.41) is 2.40. The molecule has 2 rings (SSSR count). The molecular formula is C19H27N3O4. The molecule has 7 heteroatoms. The summed E-state index contributed by atoms with van der Waals surface area (Å²) in [5.41, 5.74) is 6.03. The molecule has 1 fully saturated rings. The minimum atomic E-state index is -0.938. The van der Waals surface area contributed by atoms with Crippen molar-refractivity contribution in [1.29, 1.82) is 0 Å². The van der Waals surface area contributed by atoms with Crippen LogP contribution in [0, 0.1) is 5.92 Å². The van der Waals surface area contributed by atoms with Gasteiger partial charge in [0.05, 0.1) is 0 Å². The van der Waals surface area contributed by atoms with E-state index in [9.17, 15) is 14.4 Å². The highest BCUT2D eigenvalue weighted by Gasteiger charge is 2.30. The molecule has 3 N–H and O–H groups in total. The number of nitrogens with two attached hydrogens (primary N) is 1. The van der Waals surface area contributed by atoms with Crippen LogP contribution in [-0.4, -0.2) is 48.0 Å². The molecule has 3 amide bonds. The number of nitrogens with zero attached hydrogens (tertiary/aromatic N) is 1. The predicted molar refractivity (Wildman–Crippen MR) is 97.2 cm³/mol. The number of benzene rings is 1. The number of carbonyl (C=O) groups is 3. The Morgan fingerprint density at radius 3 is 2.42 bits per heavy atom. The number of piperidine rings is 1. The van der Waals surface area contributed by atoms with E-state index in [1.807, 2.05) is 30.3 Å². The van der Waals surface area contributed by atoms with E-state index in [0.717, 1.165) is 18.4 Å². The van der Waals surface area contributed by atoms with E-state index in [-0.39, 0.29) is 12.3 Å². The van der Waals surface area contributed by atoms with E-state index in [2.05, 4.69) is 12.2 Å². The molecule has 1 saturated heterocycles. The third kappa shape index (κ3) is 5.75. The summed E-state index contributed by atoms with van der Waals surface area (Å²) in [5.74, 6) is -0.270. The van der Waals surface area contributed by atoms with Crippen LogP contribution in [0.5, 0.6) is 0 Å². The minimum Gasteiger partial charge on any atom is -0.451 e. The van der Waals surface area contributed by atoms with Crippen molar-refractivity contribution in [3.63, 3.8) is 0 Å². The van der Waals surface area contributed by atoms with Crippen molar-refractivity contribution >= 4 is 17.9 Å². The molecule has 0 saturated carbocycles. The summed E-state index contributed by atoms with van der Waals surface area (Å²) < 4.78 is 5.33. The topological polar surface area (TPSA) is 102 Å². The fourth-order valence-corrected chi connectivity index (χ4v) is 3.01. The summed E-state index contributed by atoms with van der Waals surface area (Å²) >= 11 is 0. The van der Waals surface area contributed by atoms with Crippen LogP contribution in [0.2, 0.25) is 0 Å². The second-order valence-electron chi connectivity index (χ2n) is 6.84. The van der Waals surface area contributed by atoms with Gasteiger partial charge in [0.15, 0.2) is 6.10 Å². The zero-order valence-electron chi connectivity index (χ0n) is 15.3. The van der Waals surface area contributed by atoms with Gasteiger partial charge in [-0.05, 0) is 31.2 Å². The first-order valence-electron chi connectivity index (χ1n) is 8.96. The summed E-state index contributed by atoms with van der Waals surface area (Å²) in [6.07, 6.45) is 1.24. The third-order valence-electron chi connectivity index (χ3n) is 4.62. The average molecular weight is 361 g/mol. The summed E-state index contributed by atoms with van der Waals surface area (Å²) in [4.78, 5) is 37.9. The normalized spacial score (nSPS) is 17.2. The van der Waals surface area contributed by atoms with Crippen molar-refractivity contribution < 1.29 is 19.1 Å². The fourth-order valence-electron chi connectivity index (χ4n) is 3.01. The van der Waals surface area contributed by atoms with Crippen LogP contribution in [0.1, 0.15) is 32.3 Å². The first-order chi connectivity index (χ1) is 12.4. The first-order valence-corrected chi connectivity index (χ1v) is 8.96. The Morgan fingerprint density at radius 2 is 1.85 bits per heavy atom. The largest absolute Gasteiger partial charge is 0.451 e. The molecule has 1 aliphatic heterocycles. The lowest BCUT2D eigenvalue weighted by Gasteiger charge is -2.32. The van der Waals surface area contributed by atoms with Gasteiger partial charge in [-0.15, -0.1) is 0 Å². The van der Waals surface area contributed by atoms with Gasteiger partial charge in [0.25, 0.3) is 5.91 Å². The van der Waals surface area contributed by atoms with Crippen LogP contribution in [-0.2, 0) is 20.7 Å². The molecule has 7 nitrogen and oxygen atoms in total. The lowest BCUT2D eigenvalue weighted by molar-refractivity contribution is -0.161. The molecule has 1 aliphatic rings. The van der Waals surface area contributed by atoms with Crippen LogP contribution in [0.15, 0.2) is 30.3 Å². The smallest absolute Gasteiger partial charge is 0.329 e. The molecule has 142 valence electrons.